The molecule has 0 aromatic carbocycles. The Bertz CT molecular complexity index is 531. The molecule has 2 amide bonds. The van der Waals surface area contributed by atoms with E-state index in [0.717, 1.165) is 50.3 Å². The van der Waals surface area contributed by atoms with Crippen LogP contribution in [0.2, 0.25) is 0 Å². The molecule has 0 saturated carbocycles. The van der Waals surface area contributed by atoms with Crippen LogP contribution in [-0.4, -0.2) is 46.1 Å². The third-order valence-corrected chi connectivity index (χ3v) is 4.19. The van der Waals surface area contributed by atoms with Crippen molar-refractivity contribution < 1.29 is 9.59 Å². The van der Waals surface area contributed by atoms with E-state index in [4.69, 9.17) is 0 Å². The van der Waals surface area contributed by atoms with Crippen molar-refractivity contribution in [3.8, 4) is 0 Å². The van der Waals surface area contributed by atoms with Crippen molar-refractivity contribution >= 4 is 11.8 Å². The average molecular weight is 305 g/mol. The summed E-state index contributed by atoms with van der Waals surface area (Å²) in [5, 5.41) is 10.6. The first-order valence-electron chi connectivity index (χ1n) is 8.03. The molecule has 0 radical (unpaired) electrons. The van der Waals surface area contributed by atoms with Crippen molar-refractivity contribution in [1.29, 1.82) is 0 Å². The van der Waals surface area contributed by atoms with Gasteiger partial charge in [0, 0.05) is 26.1 Å². The van der Waals surface area contributed by atoms with Crippen LogP contribution >= 0.6 is 0 Å². The molecule has 0 aliphatic carbocycles. The molecule has 120 valence electrons. The van der Waals surface area contributed by atoms with Crippen molar-refractivity contribution in [3.05, 3.63) is 17.5 Å². The maximum atomic E-state index is 12.0. The van der Waals surface area contributed by atoms with Gasteiger partial charge in [0.05, 0.1) is 31.0 Å². The number of amides is 2. The number of hydrogen-bond acceptors (Lipinski definition) is 4. The number of carbonyl (C=O) groups excluding carboxylic acids is 2. The summed E-state index contributed by atoms with van der Waals surface area (Å²) in [6.45, 7) is 3.89. The van der Waals surface area contributed by atoms with Crippen molar-refractivity contribution in [2.75, 3.05) is 19.6 Å². The molecule has 0 atom stereocenters. The monoisotopic (exact) mass is 305 g/mol. The minimum absolute atomic E-state index is 0.0937. The van der Waals surface area contributed by atoms with Gasteiger partial charge in [0.1, 0.15) is 0 Å². The molecular formula is C15H23N5O2. The lowest BCUT2D eigenvalue weighted by Crippen LogP contribution is -2.40. The molecule has 7 nitrogen and oxygen atoms in total. The van der Waals surface area contributed by atoms with Crippen LogP contribution in [0.5, 0.6) is 0 Å². The van der Waals surface area contributed by atoms with E-state index in [2.05, 4.69) is 15.7 Å². The first-order chi connectivity index (χ1) is 10.7. The highest BCUT2D eigenvalue weighted by Crippen LogP contribution is 2.11. The lowest BCUT2D eigenvalue weighted by atomic mass is 10.2. The fourth-order valence-electron chi connectivity index (χ4n) is 2.96. The quantitative estimate of drug-likeness (QED) is 0.821. The third-order valence-electron chi connectivity index (χ3n) is 4.19. The van der Waals surface area contributed by atoms with E-state index in [1.54, 1.807) is 4.90 Å². The largest absolute Gasteiger partial charge is 0.349 e. The predicted octanol–water partition coefficient (Wildman–Crippen LogP) is 0.00510. The first-order valence-corrected chi connectivity index (χ1v) is 8.03. The van der Waals surface area contributed by atoms with Crippen molar-refractivity contribution in [1.82, 2.24) is 25.3 Å². The van der Waals surface area contributed by atoms with Crippen LogP contribution in [0.3, 0.4) is 0 Å². The van der Waals surface area contributed by atoms with Crippen LogP contribution < -0.4 is 10.6 Å². The van der Waals surface area contributed by atoms with Crippen LogP contribution in [0.4, 0.5) is 0 Å². The molecule has 1 aromatic rings. The fourth-order valence-corrected chi connectivity index (χ4v) is 2.96. The molecule has 2 aliphatic rings. The summed E-state index contributed by atoms with van der Waals surface area (Å²) in [7, 11) is 0. The molecule has 3 heterocycles. The minimum atomic E-state index is -0.112. The van der Waals surface area contributed by atoms with Crippen LogP contribution in [0.25, 0.3) is 0 Å². The van der Waals surface area contributed by atoms with Gasteiger partial charge in [-0.15, -0.1) is 0 Å². The van der Waals surface area contributed by atoms with Gasteiger partial charge >= 0.3 is 0 Å². The van der Waals surface area contributed by atoms with Gasteiger partial charge in [0.15, 0.2) is 0 Å². The molecule has 2 aliphatic heterocycles. The number of nitrogens with zero attached hydrogens (tertiary/aromatic N) is 3. The summed E-state index contributed by atoms with van der Waals surface area (Å²) in [5.41, 5.74) is 2.02. The van der Waals surface area contributed by atoms with Crippen molar-refractivity contribution in [2.45, 2.75) is 45.3 Å². The van der Waals surface area contributed by atoms with Gasteiger partial charge in [0.25, 0.3) is 0 Å². The molecule has 2 N–H and O–H groups in total. The Morgan fingerprint density at radius 1 is 1.32 bits per heavy atom. The van der Waals surface area contributed by atoms with E-state index in [9.17, 15) is 9.59 Å². The van der Waals surface area contributed by atoms with E-state index in [1.807, 2.05) is 10.7 Å². The van der Waals surface area contributed by atoms with Gasteiger partial charge in [-0.25, -0.2) is 0 Å². The Morgan fingerprint density at radius 3 is 3.09 bits per heavy atom. The van der Waals surface area contributed by atoms with Crippen LogP contribution in [-0.2, 0) is 29.2 Å². The Kier molecular flexibility index (Phi) is 4.72. The van der Waals surface area contributed by atoms with E-state index in [1.165, 1.54) is 0 Å². The predicted molar refractivity (Wildman–Crippen MR) is 80.8 cm³/mol. The van der Waals surface area contributed by atoms with Crippen molar-refractivity contribution in [3.63, 3.8) is 0 Å². The minimum Gasteiger partial charge on any atom is -0.349 e. The standard InChI is InChI=1S/C15H23N5O2/c21-14(11-19-6-3-1-2-4-15(19)22)17-9-12-8-13-10-16-5-7-20(13)18-12/h8,16H,1-7,9-11H2,(H,17,21). The fraction of sp³-hybridized carbons (Fsp3) is 0.667. The number of aromatic nitrogens is 2. The SMILES string of the molecule is O=C(CN1CCCCCC1=O)NCc1cc2n(n1)CCNC2. The molecular weight excluding hydrogens is 282 g/mol. The summed E-state index contributed by atoms with van der Waals surface area (Å²) in [6.07, 6.45) is 3.55. The summed E-state index contributed by atoms with van der Waals surface area (Å²) in [6, 6.07) is 2.02. The smallest absolute Gasteiger partial charge is 0.239 e. The highest BCUT2D eigenvalue weighted by molar-refractivity contribution is 5.84. The highest BCUT2D eigenvalue weighted by atomic mass is 16.2. The molecule has 1 saturated heterocycles. The molecule has 0 spiro atoms. The summed E-state index contributed by atoms with van der Waals surface area (Å²) >= 11 is 0. The number of likely N-dealkylation sites (tertiary alicyclic amines) is 1. The molecule has 22 heavy (non-hydrogen) atoms. The topological polar surface area (TPSA) is 79.3 Å². The summed E-state index contributed by atoms with van der Waals surface area (Å²) in [4.78, 5) is 25.6. The lowest BCUT2D eigenvalue weighted by molar-refractivity contribution is -0.135. The Morgan fingerprint density at radius 2 is 2.23 bits per heavy atom. The molecule has 3 rings (SSSR count). The van der Waals surface area contributed by atoms with E-state index in [0.29, 0.717) is 19.5 Å². The second kappa shape index (κ2) is 6.91. The number of nitrogens with one attached hydrogen (secondary N) is 2. The van der Waals surface area contributed by atoms with E-state index in [-0.39, 0.29) is 18.4 Å². The normalized spacial score (nSPS) is 18.7. The van der Waals surface area contributed by atoms with Crippen LogP contribution in [0.15, 0.2) is 6.07 Å². The Balaban J connectivity index is 1.49. The first kappa shape index (κ1) is 15.0. The zero-order valence-corrected chi connectivity index (χ0v) is 12.8. The molecule has 7 heteroatoms. The zero-order chi connectivity index (χ0) is 15.4. The number of rotatable bonds is 4. The van der Waals surface area contributed by atoms with Gasteiger partial charge in [-0.05, 0) is 18.9 Å². The van der Waals surface area contributed by atoms with Crippen LogP contribution in [0, 0.1) is 0 Å². The average Bonchev–Trinajstić information content (AvgIpc) is 2.83. The third kappa shape index (κ3) is 3.65. The maximum absolute atomic E-state index is 12.0. The Labute approximate surface area is 130 Å². The maximum Gasteiger partial charge on any atom is 0.239 e. The molecule has 1 fully saturated rings. The molecule has 0 unspecified atom stereocenters. The van der Waals surface area contributed by atoms with Crippen molar-refractivity contribution in [2.24, 2.45) is 0 Å². The zero-order valence-electron chi connectivity index (χ0n) is 12.8. The highest BCUT2D eigenvalue weighted by Gasteiger charge is 2.19. The van der Waals surface area contributed by atoms with Gasteiger partial charge < -0.3 is 15.5 Å². The van der Waals surface area contributed by atoms with Gasteiger partial charge in [-0.1, -0.05) is 6.42 Å². The molecule has 1 aromatic heterocycles. The van der Waals surface area contributed by atoms with E-state index >= 15 is 0 Å². The number of fused-ring (bicyclic) bond motifs is 1. The summed E-state index contributed by atoms with van der Waals surface area (Å²) < 4.78 is 1.98. The van der Waals surface area contributed by atoms with Gasteiger partial charge in [-0.3, -0.25) is 14.3 Å². The Hall–Kier alpha value is -1.89. The van der Waals surface area contributed by atoms with Crippen LogP contribution in [0.1, 0.15) is 37.1 Å². The van der Waals surface area contributed by atoms with Gasteiger partial charge in [0.2, 0.25) is 11.8 Å². The number of hydrogen-bond donors (Lipinski definition) is 2. The second-order valence-electron chi connectivity index (χ2n) is 5.93. The number of carbonyl (C=O) groups is 2. The van der Waals surface area contributed by atoms with E-state index < -0.39 is 0 Å². The lowest BCUT2D eigenvalue weighted by Gasteiger charge is -2.19. The molecule has 0 bridgehead atoms. The van der Waals surface area contributed by atoms with Gasteiger partial charge in [-0.2, -0.15) is 5.10 Å². The second-order valence-corrected chi connectivity index (χ2v) is 5.93. The summed E-state index contributed by atoms with van der Waals surface area (Å²) in [5.74, 6) is -0.0180.